The molecule has 0 N–H and O–H groups in total. The van der Waals surface area contributed by atoms with Crippen LogP contribution in [0.4, 0.5) is 0 Å². The second kappa shape index (κ2) is 3.01. The van der Waals surface area contributed by atoms with Crippen LogP contribution in [0.3, 0.4) is 0 Å². The lowest BCUT2D eigenvalue weighted by Gasteiger charge is -2.12. The van der Waals surface area contributed by atoms with Crippen molar-refractivity contribution < 1.29 is 14.3 Å². The highest BCUT2D eigenvalue weighted by Crippen LogP contribution is 2.15. The van der Waals surface area contributed by atoms with Crippen LogP contribution in [0.1, 0.15) is 20.3 Å². The summed E-state index contributed by atoms with van der Waals surface area (Å²) in [6, 6.07) is 0. The van der Waals surface area contributed by atoms with Gasteiger partial charge in [-0.15, -0.1) is 0 Å². The normalized spacial score (nSPS) is 32.2. The third kappa shape index (κ3) is 1.70. The van der Waals surface area contributed by atoms with E-state index in [1.807, 2.05) is 6.92 Å². The van der Waals surface area contributed by atoms with Crippen molar-refractivity contribution in [1.82, 2.24) is 0 Å². The maximum Gasteiger partial charge on any atom is 0.302 e. The maximum atomic E-state index is 10.5. The number of hydrogen-bond donors (Lipinski definition) is 0. The van der Waals surface area contributed by atoms with E-state index in [-0.39, 0.29) is 18.2 Å². The molecule has 0 bridgehead atoms. The van der Waals surface area contributed by atoms with E-state index in [0.717, 1.165) is 6.42 Å². The minimum atomic E-state index is -0.220. The standard InChI is InChI=1S/C7H12O3/c1-5-7(3-4-9-5)10-6(2)8/h5,7H,3-4H2,1-2H3/t5-,7-/m0/s1. The summed E-state index contributed by atoms with van der Waals surface area (Å²) in [4.78, 5) is 10.5. The van der Waals surface area contributed by atoms with Gasteiger partial charge in [0.1, 0.15) is 6.10 Å². The summed E-state index contributed by atoms with van der Waals surface area (Å²) in [6.07, 6.45) is 0.891. The quantitative estimate of drug-likeness (QED) is 0.509. The zero-order valence-electron chi connectivity index (χ0n) is 6.29. The molecule has 1 fully saturated rings. The highest BCUT2D eigenvalue weighted by molar-refractivity contribution is 5.66. The fourth-order valence-corrected chi connectivity index (χ4v) is 1.08. The largest absolute Gasteiger partial charge is 0.460 e. The van der Waals surface area contributed by atoms with E-state index in [4.69, 9.17) is 9.47 Å². The Bertz CT molecular complexity index is 133. The fourth-order valence-electron chi connectivity index (χ4n) is 1.08. The summed E-state index contributed by atoms with van der Waals surface area (Å²) in [5.41, 5.74) is 0. The molecule has 0 amide bonds. The van der Waals surface area contributed by atoms with Crippen LogP contribution in [-0.2, 0) is 14.3 Å². The van der Waals surface area contributed by atoms with Crippen LogP contribution in [0.5, 0.6) is 0 Å². The van der Waals surface area contributed by atoms with E-state index < -0.39 is 0 Å². The summed E-state index contributed by atoms with van der Waals surface area (Å²) in [6.45, 7) is 4.05. The molecule has 3 nitrogen and oxygen atoms in total. The Morgan fingerprint density at radius 1 is 1.70 bits per heavy atom. The van der Waals surface area contributed by atoms with Gasteiger partial charge in [0.05, 0.1) is 12.7 Å². The molecule has 58 valence electrons. The first-order valence-corrected chi connectivity index (χ1v) is 3.49. The topological polar surface area (TPSA) is 35.5 Å². The van der Waals surface area contributed by atoms with Crippen molar-refractivity contribution in [3.8, 4) is 0 Å². The maximum absolute atomic E-state index is 10.5. The van der Waals surface area contributed by atoms with Crippen LogP contribution >= 0.6 is 0 Å². The number of rotatable bonds is 1. The third-order valence-corrected chi connectivity index (χ3v) is 1.62. The first kappa shape index (κ1) is 7.54. The number of carbonyl (C=O) groups excluding carboxylic acids is 1. The Morgan fingerprint density at radius 2 is 2.40 bits per heavy atom. The van der Waals surface area contributed by atoms with Crippen molar-refractivity contribution in [1.29, 1.82) is 0 Å². The van der Waals surface area contributed by atoms with E-state index >= 15 is 0 Å². The Morgan fingerprint density at radius 3 is 2.80 bits per heavy atom. The van der Waals surface area contributed by atoms with E-state index in [2.05, 4.69) is 0 Å². The lowest BCUT2D eigenvalue weighted by atomic mass is 10.2. The Labute approximate surface area is 60.3 Å². The van der Waals surface area contributed by atoms with Gasteiger partial charge in [0, 0.05) is 13.3 Å². The zero-order valence-corrected chi connectivity index (χ0v) is 6.29. The monoisotopic (exact) mass is 144 g/mol. The first-order chi connectivity index (χ1) is 4.70. The second-order valence-corrected chi connectivity index (χ2v) is 2.51. The minimum Gasteiger partial charge on any atom is -0.460 e. The molecule has 1 aliphatic heterocycles. The van der Waals surface area contributed by atoms with Gasteiger partial charge in [0.25, 0.3) is 0 Å². The van der Waals surface area contributed by atoms with Crippen molar-refractivity contribution >= 4 is 5.97 Å². The summed E-state index contributed by atoms with van der Waals surface area (Å²) in [5, 5.41) is 0. The molecule has 1 saturated heterocycles. The predicted octanol–water partition coefficient (Wildman–Crippen LogP) is 0.727. The van der Waals surface area contributed by atoms with Gasteiger partial charge in [-0.3, -0.25) is 4.79 Å². The molecule has 10 heavy (non-hydrogen) atoms. The van der Waals surface area contributed by atoms with E-state index in [0.29, 0.717) is 6.61 Å². The highest BCUT2D eigenvalue weighted by Gasteiger charge is 2.26. The molecule has 3 heteroatoms. The molecule has 0 aromatic carbocycles. The van der Waals surface area contributed by atoms with Crippen LogP contribution in [0.15, 0.2) is 0 Å². The van der Waals surface area contributed by atoms with Crippen LogP contribution in [0, 0.1) is 0 Å². The Balaban J connectivity index is 2.33. The smallest absolute Gasteiger partial charge is 0.302 e. The molecule has 0 unspecified atom stereocenters. The molecule has 0 aromatic rings. The van der Waals surface area contributed by atoms with Crippen molar-refractivity contribution in [3.05, 3.63) is 0 Å². The van der Waals surface area contributed by atoms with E-state index in [9.17, 15) is 4.79 Å². The van der Waals surface area contributed by atoms with Gasteiger partial charge in [-0.2, -0.15) is 0 Å². The third-order valence-electron chi connectivity index (χ3n) is 1.62. The number of carbonyl (C=O) groups is 1. The molecule has 0 radical (unpaired) electrons. The predicted molar refractivity (Wildman–Crippen MR) is 35.6 cm³/mol. The molecule has 0 aromatic heterocycles. The molecule has 0 saturated carbocycles. The number of ether oxygens (including phenoxy) is 2. The van der Waals surface area contributed by atoms with Crippen molar-refractivity contribution in [2.45, 2.75) is 32.5 Å². The summed E-state index contributed by atoms with van der Waals surface area (Å²) in [7, 11) is 0. The molecule has 2 atom stereocenters. The summed E-state index contributed by atoms with van der Waals surface area (Å²) >= 11 is 0. The van der Waals surface area contributed by atoms with Gasteiger partial charge < -0.3 is 9.47 Å². The van der Waals surface area contributed by atoms with Gasteiger partial charge >= 0.3 is 5.97 Å². The highest BCUT2D eigenvalue weighted by atomic mass is 16.6. The van der Waals surface area contributed by atoms with Crippen molar-refractivity contribution in [3.63, 3.8) is 0 Å². The van der Waals surface area contributed by atoms with Gasteiger partial charge in [0.15, 0.2) is 0 Å². The van der Waals surface area contributed by atoms with Gasteiger partial charge in [-0.25, -0.2) is 0 Å². The van der Waals surface area contributed by atoms with Crippen LogP contribution in [-0.4, -0.2) is 24.8 Å². The fraction of sp³-hybridized carbons (Fsp3) is 0.857. The first-order valence-electron chi connectivity index (χ1n) is 3.49. The average Bonchev–Trinajstić information content (AvgIpc) is 2.15. The summed E-state index contributed by atoms with van der Waals surface area (Å²) < 4.78 is 10.1. The van der Waals surface area contributed by atoms with E-state index in [1.54, 1.807) is 0 Å². The molecular weight excluding hydrogens is 132 g/mol. The number of hydrogen-bond acceptors (Lipinski definition) is 3. The lowest BCUT2D eigenvalue weighted by Crippen LogP contribution is -2.23. The minimum absolute atomic E-state index is 0.0162. The Hall–Kier alpha value is -0.570. The lowest BCUT2D eigenvalue weighted by molar-refractivity contribution is -0.148. The molecule has 1 heterocycles. The number of esters is 1. The van der Waals surface area contributed by atoms with Gasteiger partial charge in [0.2, 0.25) is 0 Å². The van der Waals surface area contributed by atoms with Gasteiger partial charge in [-0.1, -0.05) is 0 Å². The van der Waals surface area contributed by atoms with Crippen molar-refractivity contribution in [2.24, 2.45) is 0 Å². The van der Waals surface area contributed by atoms with Gasteiger partial charge in [-0.05, 0) is 6.92 Å². The molecular formula is C7H12O3. The second-order valence-electron chi connectivity index (χ2n) is 2.51. The van der Waals surface area contributed by atoms with E-state index in [1.165, 1.54) is 6.92 Å². The molecule has 0 aliphatic carbocycles. The summed E-state index contributed by atoms with van der Waals surface area (Å²) in [5.74, 6) is -0.220. The molecule has 1 rings (SSSR count). The van der Waals surface area contributed by atoms with Crippen LogP contribution < -0.4 is 0 Å². The average molecular weight is 144 g/mol. The molecule has 1 aliphatic rings. The SMILES string of the molecule is CC(=O)O[C@H]1CCO[C@H]1C. The zero-order chi connectivity index (χ0) is 7.56. The van der Waals surface area contributed by atoms with Crippen LogP contribution in [0.2, 0.25) is 0 Å². The Kier molecular flexibility index (Phi) is 2.27. The van der Waals surface area contributed by atoms with Crippen molar-refractivity contribution in [2.75, 3.05) is 6.61 Å². The molecule has 0 spiro atoms. The van der Waals surface area contributed by atoms with Crippen LogP contribution in [0.25, 0.3) is 0 Å².